The van der Waals surface area contributed by atoms with Crippen LogP contribution in [0.15, 0.2) is 17.1 Å². The Morgan fingerprint density at radius 1 is 1.28 bits per heavy atom. The zero-order chi connectivity index (χ0) is 18.0. The van der Waals surface area contributed by atoms with Gasteiger partial charge < -0.3 is 25.5 Å². The van der Waals surface area contributed by atoms with E-state index in [1.807, 2.05) is 6.20 Å². The molecule has 7 heteroatoms. The predicted molar refractivity (Wildman–Crippen MR) is 94.1 cm³/mol. The van der Waals surface area contributed by atoms with Crippen molar-refractivity contribution in [3.05, 3.63) is 28.2 Å². The van der Waals surface area contributed by atoms with Gasteiger partial charge in [0.15, 0.2) is 0 Å². The van der Waals surface area contributed by atoms with E-state index in [0.29, 0.717) is 12.8 Å². The maximum atomic E-state index is 13.4. The SMILES string of the molecule is COC1CCC(n2cc(CO[C@@H]3C[C@H](F)C[C@H]3N)cc(N)c2=O)CC1. The van der Waals surface area contributed by atoms with Crippen molar-refractivity contribution in [1.29, 1.82) is 0 Å². The van der Waals surface area contributed by atoms with Gasteiger partial charge in [-0.15, -0.1) is 0 Å². The van der Waals surface area contributed by atoms with Crippen LogP contribution >= 0.6 is 0 Å². The van der Waals surface area contributed by atoms with E-state index in [1.165, 1.54) is 0 Å². The molecule has 0 aromatic carbocycles. The van der Waals surface area contributed by atoms with Gasteiger partial charge in [-0.1, -0.05) is 0 Å². The van der Waals surface area contributed by atoms with Gasteiger partial charge in [-0.2, -0.15) is 0 Å². The van der Waals surface area contributed by atoms with Gasteiger partial charge >= 0.3 is 0 Å². The fourth-order valence-electron chi connectivity index (χ4n) is 3.96. The highest BCUT2D eigenvalue weighted by Gasteiger charge is 2.32. The van der Waals surface area contributed by atoms with Crippen LogP contribution in [0.2, 0.25) is 0 Å². The Balaban J connectivity index is 1.69. The Hall–Kier alpha value is -1.44. The normalized spacial score (nSPS) is 32.8. The largest absolute Gasteiger partial charge is 0.394 e. The molecule has 0 radical (unpaired) electrons. The number of hydrogen-bond acceptors (Lipinski definition) is 5. The molecule has 1 heterocycles. The molecule has 0 bridgehead atoms. The number of nitrogen functional groups attached to an aromatic ring is 1. The van der Waals surface area contributed by atoms with Gasteiger partial charge in [0.1, 0.15) is 6.17 Å². The number of alkyl halides is 1. The van der Waals surface area contributed by atoms with E-state index in [2.05, 4.69) is 0 Å². The summed E-state index contributed by atoms with van der Waals surface area (Å²) in [5, 5.41) is 0. The average Bonchev–Trinajstić information content (AvgIpc) is 2.93. The lowest BCUT2D eigenvalue weighted by Gasteiger charge is -2.29. The molecule has 0 aliphatic heterocycles. The van der Waals surface area contributed by atoms with Crippen LogP contribution in [-0.4, -0.2) is 36.1 Å². The number of anilines is 1. The Kier molecular flexibility index (Phi) is 5.76. The Labute approximate surface area is 147 Å². The summed E-state index contributed by atoms with van der Waals surface area (Å²) in [6.45, 7) is 0.281. The van der Waals surface area contributed by atoms with Crippen LogP contribution in [-0.2, 0) is 16.1 Å². The first kappa shape index (κ1) is 18.4. The molecular formula is C18H28FN3O3. The molecule has 4 N–H and O–H groups in total. The highest BCUT2D eigenvalue weighted by Crippen LogP contribution is 2.29. The van der Waals surface area contributed by atoms with Crippen LogP contribution in [0.25, 0.3) is 0 Å². The van der Waals surface area contributed by atoms with E-state index in [4.69, 9.17) is 20.9 Å². The number of nitrogens with two attached hydrogens (primary N) is 2. The number of halogens is 1. The third kappa shape index (κ3) is 4.22. The molecule has 2 aliphatic rings. The summed E-state index contributed by atoms with van der Waals surface area (Å²) < 4.78 is 26.3. The van der Waals surface area contributed by atoms with E-state index >= 15 is 0 Å². The zero-order valence-corrected chi connectivity index (χ0v) is 14.7. The summed E-state index contributed by atoms with van der Waals surface area (Å²) in [6, 6.07) is 1.50. The van der Waals surface area contributed by atoms with Crippen LogP contribution in [0.3, 0.4) is 0 Å². The molecule has 3 rings (SSSR count). The number of ether oxygens (including phenoxy) is 2. The summed E-state index contributed by atoms with van der Waals surface area (Å²) in [7, 11) is 1.73. The fraction of sp³-hybridized carbons (Fsp3) is 0.722. The molecule has 2 saturated carbocycles. The number of hydrogen-bond donors (Lipinski definition) is 2. The monoisotopic (exact) mass is 353 g/mol. The number of methoxy groups -OCH3 is 1. The molecule has 1 aromatic heterocycles. The van der Waals surface area contributed by atoms with Crippen molar-refractivity contribution in [3.8, 4) is 0 Å². The second-order valence-corrected chi connectivity index (χ2v) is 7.26. The molecule has 25 heavy (non-hydrogen) atoms. The molecule has 2 fully saturated rings. The highest BCUT2D eigenvalue weighted by molar-refractivity contribution is 5.38. The first-order valence-electron chi connectivity index (χ1n) is 9.02. The molecule has 2 aliphatic carbocycles. The van der Waals surface area contributed by atoms with Gasteiger partial charge in [0.05, 0.1) is 24.5 Å². The van der Waals surface area contributed by atoms with Gasteiger partial charge in [0.2, 0.25) is 0 Å². The number of rotatable bonds is 5. The standard InChI is InChI=1S/C18H28FN3O3/c1-24-14-4-2-13(3-5-14)22-9-11(6-16(21)18(22)23)10-25-17-8-12(19)7-15(17)20/h6,9,12-15,17H,2-5,7-8,10,20-21H2,1H3/t12-,13?,14?,15-,17-/m1/s1. The van der Waals surface area contributed by atoms with Crippen LogP contribution in [0.1, 0.15) is 50.1 Å². The van der Waals surface area contributed by atoms with Gasteiger partial charge in [0.25, 0.3) is 5.56 Å². The second-order valence-electron chi connectivity index (χ2n) is 7.26. The van der Waals surface area contributed by atoms with E-state index in [0.717, 1.165) is 31.2 Å². The minimum atomic E-state index is -0.894. The lowest BCUT2D eigenvalue weighted by Crippen LogP contribution is -2.32. The van der Waals surface area contributed by atoms with E-state index < -0.39 is 6.17 Å². The zero-order valence-electron chi connectivity index (χ0n) is 14.7. The van der Waals surface area contributed by atoms with Crippen molar-refractivity contribution in [2.75, 3.05) is 12.8 Å². The molecule has 0 spiro atoms. The summed E-state index contributed by atoms with van der Waals surface area (Å²) in [5.41, 5.74) is 12.7. The van der Waals surface area contributed by atoms with Gasteiger partial charge in [-0.3, -0.25) is 4.79 Å². The second kappa shape index (κ2) is 7.85. The Bertz CT molecular complexity index is 643. The molecular weight excluding hydrogens is 325 g/mol. The third-order valence-corrected chi connectivity index (χ3v) is 5.46. The van der Waals surface area contributed by atoms with Crippen molar-refractivity contribution in [3.63, 3.8) is 0 Å². The topological polar surface area (TPSA) is 92.5 Å². The van der Waals surface area contributed by atoms with Crippen LogP contribution in [0.4, 0.5) is 10.1 Å². The lowest BCUT2D eigenvalue weighted by atomic mass is 9.92. The molecule has 0 unspecified atom stereocenters. The number of nitrogens with zero attached hydrogens (tertiary/aromatic N) is 1. The maximum Gasteiger partial charge on any atom is 0.273 e. The molecule has 1 aromatic rings. The van der Waals surface area contributed by atoms with Crippen molar-refractivity contribution in [2.45, 2.75) is 75.6 Å². The average molecular weight is 353 g/mol. The van der Waals surface area contributed by atoms with Crippen molar-refractivity contribution in [1.82, 2.24) is 4.57 Å². The molecule has 3 atom stereocenters. The minimum Gasteiger partial charge on any atom is -0.394 e. The van der Waals surface area contributed by atoms with Gasteiger partial charge in [-0.05, 0) is 43.7 Å². The van der Waals surface area contributed by atoms with E-state index in [-0.39, 0.29) is 42.1 Å². The summed E-state index contributed by atoms with van der Waals surface area (Å²) in [6.07, 6.45) is 5.23. The molecule has 0 amide bonds. The van der Waals surface area contributed by atoms with E-state index in [1.54, 1.807) is 17.7 Å². The molecule has 6 nitrogen and oxygen atoms in total. The Morgan fingerprint density at radius 2 is 2.00 bits per heavy atom. The summed E-state index contributed by atoms with van der Waals surface area (Å²) >= 11 is 0. The molecule has 140 valence electrons. The van der Waals surface area contributed by atoms with Crippen LogP contribution in [0, 0.1) is 0 Å². The number of aromatic nitrogens is 1. The van der Waals surface area contributed by atoms with Crippen molar-refractivity contribution >= 4 is 5.69 Å². The summed E-state index contributed by atoms with van der Waals surface area (Å²) in [4.78, 5) is 12.4. The molecule has 0 saturated heterocycles. The van der Waals surface area contributed by atoms with Crippen LogP contribution in [0.5, 0.6) is 0 Å². The number of pyridine rings is 1. The van der Waals surface area contributed by atoms with E-state index in [9.17, 15) is 9.18 Å². The van der Waals surface area contributed by atoms with Crippen molar-refractivity contribution < 1.29 is 13.9 Å². The Morgan fingerprint density at radius 3 is 2.60 bits per heavy atom. The van der Waals surface area contributed by atoms with Gasteiger partial charge in [-0.25, -0.2) is 4.39 Å². The maximum absolute atomic E-state index is 13.4. The quantitative estimate of drug-likeness (QED) is 0.843. The first-order chi connectivity index (χ1) is 12.0. The summed E-state index contributed by atoms with van der Waals surface area (Å²) in [5.74, 6) is 0. The fourth-order valence-corrected chi connectivity index (χ4v) is 3.96. The van der Waals surface area contributed by atoms with Gasteiger partial charge in [0, 0.05) is 31.8 Å². The first-order valence-corrected chi connectivity index (χ1v) is 9.02. The minimum absolute atomic E-state index is 0.130. The third-order valence-electron chi connectivity index (χ3n) is 5.46. The van der Waals surface area contributed by atoms with Crippen molar-refractivity contribution in [2.24, 2.45) is 5.73 Å². The van der Waals surface area contributed by atoms with Crippen LogP contribution < -0.4 is 17.0 Å². The predicted octanol–water partition coefficient (Wildman–Crippen LogP) is 1.90. The lowest BCUT2D eigenvalue weighted by molar-refractivity contribution is 0.0318. The smallest absolute Gasteiger partial charge is 0.273 e. The highest BCUT2D eigenvalue weighted by atomic mass is 19.1.